The third-order valence-electron chi connectivity index (χ3n) is 5.14. The quantitative estimate of drug-likeness (QED) is 0.615. The minimum atomic E-state index is -0.538. The SMILES string of the molecule is O=C(CCCCN1C(=O)N=C2C=CC=CC2C1=O)Nc1ccc(Oc2ccccc2)cc1. The van der Waals surface area contributed by atoms with Crippen molar-refractivity contribution in [1.29, 1.82) is 0 Å². The van der Waals surface area contributed by atoms with Gasteiger partial charge < -0.3 is 10.1 Å². The maximum absolute atomic E-state index is 12.5. The number of para-hydroxylation sites is 1. The van der Waals surface area contributed by atoms with Crippen LogP contribution >= 0.6 is 0 Å². The molecule has 2 aromatic carbocycles. The molecule has 1 N–H and O–H groups in total. The largest absolute Gasteiger partial charge is 0.457 e. The average molecular weight is 429 g/mol. The van der Waals surface area contributed by atoms with Crippen LogP contribution in [0.4, 0.5) is 10.5 Å². The average Bonchev–Trinajstić information content (AvgIpc) is 2.80. The number of fused-ring (bicyclic) bond motifs is 1. The molecule has 0 radical (unpaired) electrons. The molecule has 2 aromatic rings. The number of rotatable bonds is 8. The van der Waals surface area contributed by atoms with E-state index in [2.05, 4.69) is 10.3 Å². The highest BCUT2D eigenvalue weighted by molar-refractivity contribution is 6.21. The molecule has 1 aliphatic carbocycles. The number of carbonyl (C=O) groups is 3. The summed E-state index contributed by atoms with van der Waals surface area (Å²) in [6.45, 7) is 0.251. The summed E-state index contributed by atoms with van der Waals surface area (Å²) in [4.78, 5) is 42.1. The van der Waals surface area contributed by atoms with Gasteiger partial charge in [0.15, 0.2) is 0 Å². The van der Waals surface area contributed by atoms with Crippen LogP contribution in [-0.2, 0) is 9.59 Å². The van der Waals surface area contributed by atoms with Crippen molar-refractivity contribution in [2.75, 3.05) is 11.9 Å². The van der Waals surface area contributed by atoms with Crippen molar-refractivity contribution >= 4 is 29.2 Å². The highest BCUT2D eigenvalue weighted by Crippen LogP contribution is 2.23. The Kier molecular flexibility index (Phi) is 6.55. The van der Waals surface area contributed by atoms with Gasteiger partial charge in [-0.15, -0.1) is 0 Å². The standard InChI is InChI=1S/C25H23N3O4/c29-23(26-18-13-15-20(16-14-18)32-19-8-2-1-3-9-19)12-6-7-17-28-24(30)21-10-4-5-11-22(21)27-25(28)31/h1-5,8-11,13-16,21H,6-7,12,17H2,(H,26,29). The fourth-order valence-corrected chi connectivity index (χ4v) is 3.50. The number of benzene rings is 2. The molecule has 0 saturated heterocycles. The number of hydrogen-bond donors (Lipinski definition) is 1. The number of nitrogens with zero attached hydrogens (tertiary/aromatic N) is 2. The van der Waals surface area contributed by atoms with E-state index in [1.54, 1.807) is 48.6 Å². The molecule has 1 aliphatic heterocycles. The second-order valence-corrected chi connectivity index (χ2v) is 7.48. The molecule has 32 heavy (non-hydrogen) atoms. The Morgan fingerprint density at radius 2 is 1.72 bits per heavy atom. The van der Waals surface area contributed by atoms with Crippen LogP contribution < -0.4 is 10.1 Å². The minimum absolute atomic E-state index is 0.126. The molecule has 7 nitrogen and oxygen atoms in total. The normalized spacial score (nSPS) is 17.1. The maximum atomic E-state index is 12.5. The monoisotopic (exact) mass is 429 g/mol. The highest BCUT2D eigenvalue weighted by atomic mass is 16.5. The number of carbonyl (C=O) groups excluding carboxylic acids is 3. The van der Waals surface area contributed by atoms with Crippen LogP contribution in [0.25, 0.3) is 0 Å². The van der Waals surface area contributed by atoms with E-state index in [0.29, 0.717) is 36.4 Å². The predicted octanol–water partition coefficient (Wildman–Crippen LogP) is 4.73. The van der Waals surface area contributed by atoms with Crippen molar-refractivity contribution in [2.24, 2.45) is 10.9 Å². The number of imide groups is 1. The zero-order chi connectivity index (χ0) is 22.3. The zero-order valence-electron chi connectivity index (χ0n) is 17.4. The molecule has 0 fully saturated rings. The first-order chi connectivity index (χ1) is 15.6. The summed E-state index contributed by atoms with van der Waals surface area (Å²) >= 11 is 0. The first-order valence-corrected chi connectivity index (χ1v) is 10.5. The van der Waals surface area contributed by atoms with Crippen molar-refractivity contribution in [2.45, 2.75) is 19.3 Å². The van der Waals surface area contributed by atoms with E-state index in [1.807, 2.05) is 30.3 Å². The Morgan fingerprint density at radius 1 is 0.969 bits per heavy atom. The van der Waals surface area contributed by atoms with E-state index in [4.69, 9.17) is 4.74 Å². The fourth-order valence-electron chi connectivity index (χ4n) is 3.50. The molecule has 7 heteroatoms. The number of anilines is 1. The minimum Gasteiger partial charge on any atom is -0.457 e. The van der Waals surface area contributed by atoms with Gasteiger partial charge >= 0.3 is 6.03 Å². The van der Waals surface area contributed by atoms with E-state index in [0.717, 1.165) is 5.75 Å². The van der Waals surface area contributed by atoms with Crippen molar-refractivity contribution in [1.82, 2.24) is 4.90 Å². The molecule has 0 spiro atoms. The summed E-state index contributed by atoms with van der Waals surface area (Å²) in [6, 6.07) is 16.1. The number of ether oxygens (including phenoxy) is 1. The van der Waals surface area contributed by atoms with Crippen molar-refractivity contribution in [3.8, 4) is 11.5 Å². The number of nitrogens with one attached hydrogen (secondary N) is 1. The lowest BCUT2D eigenvalue weighted by Gasteiger charge is -2.28. The third-order valence-corrected chi connectivity index (χ3v) is 5.14. The van der Waals surface area contributed by atoms with Crippen LogP contribution in [0, 0.1) is 5.92 Å². The van der Waals surface area contributed by atoms with Gasteiger partial charge in [0.25, 0.3) is 0 Å². The number of hydrogen-bond acceptors (Lipinski definition) is 4. The van der Waals surface area contributed by atoms with Gasteiger partial charge in [0.2, 0.25) is 11.8 Å². The molecule has 2 aliphatic rings. The molecular weight excluding hydrogens is 406 g/mol. The highest BCUT2D eigenvalue weighted by Gasteiger charge is 2.35. The number of amides is 4. The zero-order valence-corrected chi connectivity index (χ0v) is 17.4. The van der Waals surface area contributed by atoms with E-state index >= 15 is 0 Å². The number of unbranched alkanes of at least 4 members (excludes halogenated alkanes) is 1. The summed E-state index contributed by atoms with van der Waals surface area (Å²) in [6.07, 6.45) is 8.33. The summed E-state index contributed by atoms with van der Waals surface area (Å²) in [7, 11) is 0. The van der Waals surface area contributed by atoms with Gasteiger partial charge in [0, 0.05) is 18.7 Å². The van der Waals surface area contributed by atoms with Crippen LogP contribution in [0.2, 0.25) is 0 Å². The molecule has 1 atom stereocenters. The van der Waals surface area contributed by atoms with Gasteiger partial charge in [-0.25, -0.2) is 4.79 Å². The molecular formula is C25H23N3O4. The lowest BCUT2D eigenvalue weighted by molar-refractivity contribution is -0.129. The molecule has 4 amide bonds. The lowest BCUT2D eigenvalue weighted by Crippen LogP contribution is -2.46. The van der Waals surface area contributed by atoms with E-state index < -0.39 is 11.9 Å². The van der Waals surface area contributed by atoms with Gasteiger partial charge in [-0.3, -0.25) is 14.5 Å². The van der Waals surface area contributed by atoms with Crippen LogP contribution in [0.3, 0.4) is 0 Å². The van der Waals surface area contributed by atoms with Crippen LogP contribution in [0.15, 0.2) is 83.9 Å². The van der Waals surface area contributed by atoms with E-state index in [9.17, 15) is 14.4 Å². The number of aliphatic imine (C=N–C) groups is 1. The molecule has 4 rings (SSSR count). The molecule has 0 aromatic heterocycles. The number of urea groups is 1. The molecule has 0 bridgehead atoms. The Hall–Kier alpha value is -4.00. The summed E-state index contributed by atoms with van der Waals surface area (Å²) < 4.78 is 5.74. The summed E-state index contributed by atoms with van der Waals surface area (Å²) in [5.41, 5.74) is 1.16. The van der Waals surface area contributed by atoms with Crippen LogP contribution in [-0.4, -0.2) is 35.0 Å². The van der Waals surface area contributed by atoms with Gasteiger partial charge in [-0.1, -0.05) is 36.4 Å². The lowest BCUT2D eigenvalue weighted by atomic mass is 9.95. The molecule has 0 saturated carbocycles. The topological polar surface area (TPSA) is 88.1 Å². The van der Waals surface area contributed by atoms with Crippen molar-refractivity contribution in [3.05, 3.63) is 78.9 Å². The first kappa shape index (κ1) is 21.2. The third kappa shape index (κ3) is 5.18. The first-order valence-electron chi connectivity index (χ1n) is 10.5. The Labute approximate surface area is 186 Å². The van der Waals surface area contributed by atoms with Crippen molar-refractivity contribution in [3.63, 3.8) is 0 Å². The molecule has 1 heterocycles. The molecule has 162 valence electrons. The van der Waals surface area contributed by atoms with E-state index in [1.165, 1.54) is 4.90 Å². The fraction of sp³-hybridized carbons (Fsp3) is 0.200. The Bertz CT molecular complexity index is 1090. The van der Waals surface area contributed by atoms with Crippen LogP contribution in [0.1, 0.15) is 19.3 Å². The number of allylic oxidation sites excluding steroid dienone is 3. The van der Waals surface area contributed by atoms with Gasteiger partial charge in [0.1, 0.15) is 11.5 Å². The van der Waals surface area contributed by atoms with Gasteiger partial charge in [0.05, 0.1) is 11.6 Å². The predicted molar refractivity (Wildman–Crippen MR) is 122 cm³/mol. The summed E-state index contributed by atoms with van der Waals surface area (Å²) in [5, 5.41) is 2.85. The van der Waals surface area contributed by atoms with Crippen LogP contribution in [0.5, 0.6) is 11.5 Å². The molecule has 1 unspecified atom stereocenters. The Balaban J connectivity index is 1.20. The van der Waals surface area contributed by atoms with Crippen molar-refractivity contribution < 1.29 is 19.1 Å². The van der Waals surface area contributed by atoms with Gasteiger partial charge in [-0.2, -0.15) is 4.99 Å². The smallest absolute Gasteiger partial charge is 0.350 e. The Morgan fingerprint density at radius 3 is 2.50 bits per heavy atom. The second kappa shape index (κ2) is 9.87. The van der Waals surface area contributed by atoms with E-state index in [-0.39, 0.29) is 18.4 Å². The second-order valence-electron chi connectivity index (χ2n) is 7.48. The summed E-state index contributed by atoms with van der Waals surface area (Å²) in [5.74, 6) is 0.545. The van der Waals surface area contributed by atoms with Gasteiger partial charge in [-0.05, 0) is 55.3 Å². The maximum Gasteiger partial charge on any atom is 0.350 e.